The predicted molar refractivity (Wildman–Crippen MR) is 37.9 cm³/mol. The zero-order chi connectivity index (χ0) is 5.11. The van der Waals surface area contributed by atoms with Gasteiger partial charge in [0.1, 0.15) is 0 Å². The fourth-order valence-corrected chi connectivity index (χ4v) is 3.62. The molecule has 0 fully saturated rings. The quantitative estimate of drug-likeness (QED) is 0.471. The molecule has 0 spiro atoms. The number of hydrogen-bond acceptors (Lipinski definition) is 1. The first-order valence-electron chi connectivity index (χ1n) is 1.83. The van der Waals surface area contributed by atoms with E-state index in [-0.39, 0.29) is 0 Å². The van der Waals surface area contributed by atoms with E-state index in [9.17, 15) is 0 Å². The van der Waals surface area contributed by atoms with Crippen LogP contribution in [-0.4, -0.2) is 15.0 Å². The molecule has 0 N–H and O–H groups in total. The molecular formula is C4H5S2Se+. The zero-order valence-corrected chi connectivity index (χ0v) is 7.23. The monoisotopic (exact) mass is 197 g/mol. The van der Waals surface area contributed by atoms with Crippen LogP contribution in [0.2, 0.25) is 5.82 Å². The molecule has 3 heteroatoms. The number of rotatable bonds is 1. The second kappa shape index (κ2) is 2.77. The Hall–Kier alpha value is 0.569. The first-order chi connectivity index (χ1) is 3.43. The molecule has 0 bridgehead atoms. The molecule has 1 rings (SSSR count). The Morgan fingerprint density at radius 2 is 2.71 bits per heavy atom. The van der Waals surface area contributed by atoms with Gasteiger partial charge in [0.25, 0.3) is 0 Å². The van der Waals surface area contributed by atoms with Crippen molar-refractivity contribution in [2.24, 2.45) is 0 Å². The molecule has 0 aliphatic heterocycles. The van der Waals surface area contributed by atoms with Crippen LogP contribution in [-0.2, 0) is 0 Å². The molecule has 0 radical (unpaired) electrons. The van der Waals surface area contributed by atoms with Crippen molar-refractivity contribution in [2.75, 3.05) is 0 Å². The van der Waals surface area contributed by atoms with Gasteiger partial charge in [0, 0.05) is 0 Å². The molecule has 0 amide bonds. The summed E-state index contributed by atoms with van der Waals surface area (Å²) in [4.78, 5) is 0. The summed E-state index contributed by atoms with van der Waals surface area (Å²) in [5.74, 6) is 2.25. The van der Waals surface area contributed by atoms with Crippen molar-refractivity contribution in [1.82, 2.24) is 0 Å². The second-order valence-electron chi connectivity index (χ2n) is 0.962. The van der Waals surface area contributed by atoms with E-state index in [0.29, 0.717) is 0 Å². The van der Waals surface area contributed by atoms with E-state index in [2.05, 4.69) is 16.6 Å². The Balaban J connectivity index is 2.76. The molecular weight excluding hydrogens is 191 g/mol. The van der Waals surface area contributed by atoms with Gasteiger partial charge < -0.3 is 0 Å². The van der Waals surface area contributed by atoms with Gasteiger partial charge in [0.05, 0.1) is 0 Å². The molecule has 0 atom stereocenters. The summed E-state index contributed by atoms with van der Waals surface area (Å²) in [6, 6.07) is 0. The molecule has 0 unspecified atom stereocenters. The van der Waals surface area contributed by atoms with Gasteiger partial charge in [0.15, 0.2) is 0 Å². The Morgan fingerprint density at radius 1 is 1.86 bits per heavy atom. The molecule has 7 heavy (non-hydrogen) atoms. The standard InChI is InChI=1S/C4H5S2Se/c1-7-4-5-2-3-6-4/h2-3H,1H3/q+1. The molecule has 1 aromatic rings. The third kappa shape index (κ3) is 1.50. The first kappa shape index (κ1) is 5.70. The molecule has 0 aliphatic rings. The van der Waals surface area contributed by atoms with Crippen LogP contribution in [0.3, 0.4) is 0 Å². The van der Waals surface area contributed by atoms with E-state index >= 15 is 0 Å². The van der Waals surface area contributed by atoms with Gasteiger partial charge in [-0.05, 0) is 0 Å². The van der Waals surface area contributed by atoms with Crippen LogP contribution in [0.4, 0.5) is 0 Å². The van der Waals surface area contributed by atoms with Gasteiger partial charge >= 0.3 is 57.3 Å². The second-order valence-corrected chi connectivity index (χ2v) is 5.93. The van der Waals surface area contributed by atoms with Crippen LogP contribution in [0, 0.1) is 0 Å². The molecule has 1 heterocycles. The fourth-order valence-electron chi connectivity index (χ4n) is 0.291. The Bertz CT molecular complexity index is 124. The Kier molecular flexibility index (Phi) is 2.26. The van der Waals surface area contributed by atoms with Crippen molar-refractivity contribution in [3.05, 3.63) is 10.8 Å². The zero-order valence-electron chi connectivity index (χ0n) is 3.88. The van der Waals surface area contributed by atoms with E-state index in [1.165, 1.54) is 0 Å². The normalized spacial score (nSPS) is 9.29. The molecule has 1 aromatic heterocycles. The minimum atomic E-state index is 0.735. The van der Waals surface area contributed by atoms with Gasteiger partial charge in [-0.25, -0.2) is 0 Å². The molecule has 0 nitrogen and oxygen atoms in total. The van der Waals surface area contributed by atoms with Gasteiger partial charge in [-0.15, -0.1) is 0 Å². The van der Waals surface area contributed by atoms with Crippen molar-refractivity contribution in [3.8, 4) is 0 Å². The van der Waals surface area contributed by atoms with E-state index in [1.54, 1.807) is 3.09 Å². The maximum absolute atomic E-state index is 2.25. The predicted octanol–water partition coefficient (Wildman–Crippen LogP) is 1.47. The fraction of sp³-hybridized carbons (Fsp3) is 0.250. The summed E-state index contributed by atoms with van der Waals surface area (Å²) in [5, 5.41) is 4.29. The molecule has 0 aliphatic carbocycles. The summed E-state index contributed by atoms with van der Waals surface area (Å²) >= 11 is 4.47. The summed E-state index contributed by atoms with van der Waals surface area (Å²) in [6.45, 7) is 0. The van der Waals surface area contributed by atoms with E-state index in [4.69, 9.17) is 0 Å². The average Bonchev–Trinajstić information content (AvgIpc) is 2.14. The van der Waals surface area contributed by atoms with Gasteiger partial charge in [-0.1, -0.05) is 0 Å². The summed E-state index contributed by atoms with van der Waals surface area (Å²) < 4.78 is 1.58. The van der Waals surface area contributed by atoms with Crippen LogP contribution in [0.5, 0.6) is 0 Å². The third-order valence-electron chi connectivity index (χ3n) is 0.551. The average molecular weight is 196 g/mol. The van der Waals surface area contributed by atoms with Crippen molar-refractivity contribution in [2.45, 2.75) is 5.82 Å². The van der Waals surface area contributed by atoms with E-state index in [0.717, 1.165) is 15.0 Å². The van der Waals surface area contributed by atoms with E-state index in [1.807, 2.05) is 22.7 Å². The van der Waals surface area contributed by atoms with Gasteiger partial charge in [0.2, 0.25) is 0 Å². The number of hydrogen-bond donors (Lipinski definition) is 0. The molecule has 0 aromatic carbocycles. The Labute approximate surface area is 57.4 Å². The van der Waals surface area contributed by atoms with Crippen molar-refractivity contribution in [3.63, 3.8) is 0 Å². The molecule has 0 saturated carbocycles. The van der Waals surface area contributed by atoms with Gasteiger partial charge in [-0.2, -0.15) is 0 Å². The SMILES string of the molecule is C[Se]c1scc[s+]1. The molecule has 38 valence electrons. The van der Waals surface area contributed by atoms with Crippen molar-refractivity contribution < 1.29 is 0 Å². The first-order valence-corrected chi connectivity index (χ1v) is 6.15. The van der Waals surface area contributed by atoms with Crippen molar-refractivity contribution >= 4 is 40.7 Å². The third-order valence-corrected chi connectivity index (χ3v) is 5.87. The van der Waals surface area contributed by atoms with Crippen molar-refractivity contribution in [1.29, 1.82) is 0 Å². The topological polar surface area (TPSA) is 0 Å². The molecule has 0 saturated heterocycles. The van der Waals surface area contributed by atoms with Crippen LogP contribution in [0.15, 0.2) is 10.8 Å². The summed E-state index contributed by atoms with van der Waals surface area (Å²) in [6.07, 6.45) is 0. The Morgan fingerprint density at radius 3 is 3.00 bits per heavy atom. The summed E-state index contributed by atoms with van der Waals surface area (Å²) in [5.41, 5.74) is 0. The van der Waals surface area contributed by atoms with E-state index < -0.39 is 0 Å². The maximum atomic E-state index is 2.25. The van der Waals surface area contributed by atoms with Gasteiger partial charge in [-0.3, -0.25) is 0 Å². The van der Waals surface area contributed by atoms with Crippen LogP contribution in [0.1, 0.15) is 0 Å². The minimum absolute atomic E-state index is 0.735. The van der Waals surface area contributed by atoms with Crippen LogP contribution in [0.25, 0.3) is 0 Å². The van der Waals surface area contributed by atoms with Crippen LogP contribution >= 0.6 is 22.7 Å². The summed E-state index contributed by atoms with van der Waals surface area (Å²) in [7, 11) is 0. The van der Waals surface area contributed by atoms with Crippen LogP contribution < -0.4 is 3.09 Å².